The van der Waals surface area contributed by atoms with Crippen molar-refractivity contribution in [3.8, 4) is 11.5 Å². The Balaban J connectivity index is 1.48. The molecule has 144 valence electrons. The van der Waals surface area contributed by atoms with Gasteiger partial charge in [0.1, 0.15) is 0 Å². The van der Waals surface area contributed by atoms with Crippen molar-refractivity contribution in [2.24, 2.45) is 0 Å². The van der Waals surface area contributed by atoms with Crippen molar-refractivity contribution in [1.29, 1.82) is 0 Å². The molecule has 0 aliphatic heterocycles. The quantitative estimate of drug-likeness (QED) is 0.284. The van der Waals surface area contributed by atoms with Gasteiger partial charge in [0, 0.05) is 30.1 Å². The summed E-state index contributed by atoms with van der Waals surface area (Å²) in [7, 11) is 0. The zero-order valence-corrected chi connectivity index (χ0v) is 15.1. The topological polar surface area (TPSA) is 134 Å². The molecular weight excluding hydrogens is 378 g/mol. The highest BCUT2D eigenvalue weighted by Gasteiger charge is 2.20. The molecular formula is C19H13N5O5. The van der Waals surface area contributed by atoms with E-state index >= 15 is 0 Å². The van der Waals surface area contributed by atoms with E-state index in [1.807, 2.05) is 0 Å². The molecule has 2 aromatic carbocycles. The molecule has 2 aromatic heterocycles. The molecule has 0 amide bonds. The van der Waals surface area contributed by atoms with Gasteiger partial charge >= 0.3 is 5.97 Å². The predicted octanol–water partition coefficient (Wildman–Crippen LogP) is 3.51. The van der Waals surface area contributed by atoms with Crippen LogP contribution in [0.2, 0.25) is 0 Å². The second-order valence-electron chi connectivity index (χ2n) is 6.06. The maximum absolute atomic E-state index is 12.4. The van der Waals surface area contributed by atoms with E-state index in [-0.39, 0.29) is 17.5 Å². The average Bonchev–Trinajstić information content (AvgIpc) is 3.24. The first-order valence-electron chi connectivity index (χ1n) is 8.51. The molecule has 10 heteroatoms. The maximum atomic E-state index is 12.4. The van der Waals surface area contributed by atoms with Gasteiger partial charge in [-0.15, -0.1) is 10.2 Å². The number of non-ortho nitro benzene ring substituents is 1. The van der Waals surface area contributed by atoms with Gasteiger partial charge in [0.05, 0.1) is 21.5 Å². The molecule has 0 spiro atoms. The van der Waals surface area contributed by atoms with Gasteiger partial charge in [-0.2, -0.15) is 0 Å². The van der Waals surface area contributed by atoms with Gasteiger partial charge in [0.25, 0.3) is 11.6 Å². The first kappa shape index (κ1) is 18.2. The van der Waals surface area contributed by atoms with Crippen LogP contribution in [0.1, 0.15) is 29.3 Å². The molecule has 0 radical (unpaired) electrons. The number of aromatic nitrogens is 4. The summed E-state index contributed by atoms with van der Waals surface area (Å²) in [6.45, 7) is 1.60. The molecule has 1 unspecified atom stereocenters. The minimum Gasteiger partial charge on any atom is -0.449 e. The Bertz CT molecular complexity index is 1210. The van der Waals surface area contributed by atoms with Crippen LogP contribution in [0.15, 0.2) is 59.3 Å². The second kappa shape index (κ2) is 7.43. The molecule has 4 aromatic rings. The molecule has 0 saturated carbocycles. The fourth-order valence-corrected chi connectivity index (χ4v) is 2.61. The van der Waals surface area contributed by atoms with Crippen molar-refractivity contribution < 1.29 is 18.9 Å². The number of nitrogens with zero attached hydrogens (tertiary/aromatic N) is 5. The lowest BCUT2D eigenvalue weighted by molar-refractivity contribution is -0.384. The average molecular weight is 391 g/mol. The Kier molecular flexibility index (Phi) is 4.65. The number of benzene rings is 2. The first-order valence-corrected chi connectivity index (χ1v) is 8.51. The largest absolute Gasteiger partial charge is 0.449 e. The monoisotopic (exact) mass is 391 g/mol. The standard InChI is InChI=1S/C19H13N5O5/c1-11(28-19(25)13-4-7-15-16(10-13)21-9-8-20-15)17-22-23-18(29-17)12-2-5-14(6-3-12)24(26)27/h2-11H,1H3. The zero-order valence-electron chi connectivity index (χ0n) is 15.1. The van der Waals surface area contributed by atoms with Crippen molar-refractivity contribution in [3.63, 3.8) is 0 Å². The van der Waals surface area contributed by atoms with Crippen LogP contribution in [-0.2, 0) is 4.74 Å². The minimum atomic E-state index is -0.792. The van der Waals surface area contributed by atoms with Crippen molar-refractivity contribution in [1.82, 2.24) is 20.2 Å². The van der Waals surface area contributed by atoms with E-state index < -0.39 is 17.0 Å². The van der Waals surface area contributed by atoms with E-state index in [2.05, 4.69) is 20.2 Å². The van der Waals surface area contributed by atoms with E-state index in [9.17, 15) is 14.9 Å². The van der Waals surface area contributed by atoms with E-state index in [1.54, 1.807) is 31.3 Å². The Morgan fingerprint density at radius 3 is 2.52 bits per heavy atom. The number of fused-ring (bicyclic) bond motifs is 1. The molecule has 2 heterocycles. The summed E-state index contributed by atoms with van der Waals surface area (Å²) in [5.74, 6) is -0.300. The number of rotatable bonds is 5. The number of ether oxygens (including phenoxy) is 1. The number of carbonyl (C=O) groups excluding carboxylic acids is 1. The summed E-state index contributed by atoms with van der Waals surface area (Å²) in [6, 6.07) is 10.6. The van der Waals surface area contributed by atoms with Crippen molar-refractivity contribution >= 4 is 22.7 Å². The lowest BCUT2D eigenvalue weighted by atomic mass is 10.2. The Labute approximate surface area is 163 Å². The van der Waals surface area contributed by atoms with Gasteiger partial charge in [-0.1, -0.05) is 0 Å². The molecule has 4 rings (SSSR count). The van der Waals surface area contributed by atoms with Gasteiger partial charge < -0.3 is 9.15 Å². The Morgan fingerprint density at radius 1 is 1.07 bits per heavy atom. The molecule has 0 aliphatic carbocycles. The zero-order chi connectivity index (χ0) is 20.4. The smallest absolute Gasteiger partial charge is 0.338 e. The number of carbonyl (C=O) groups is 1. The molecule has 0 N–H and O–H groups in total. The second-order valence-corrected chi connectivity index (χ2v) is 6.06. The molecule has 10 nitrogen and oxygen atoms in total. The highest BCUT2D eigenvalue weighted by atomic mass is 16.6. The van der Waals surface area contributed by atoms with Crippen LogP contribution in [0.4, 0.5) is 5.69 Å². The Morgan fingerprint density at radius 2 is 1.79 bits per heavy atom. The lowest BCUT2D eigenvalue weighted by Crippen LogP contribution is -2.09. The summed E-state index contributed by atoms with van der Waals surface area (Å²) in [5, 5.41) is 18.5. The third kappa shape index (κ3) is 3.76. The van der Waals surface area contributed by atoms with Crippen LogP contribution in [0.3, 0.4) is 0 Å². The number of hydrogen-bond acceptors (Lipinski definition) is 9. The first-order chi connectivity index (χ1) is 14.0. The third-order valence-corrected chi connectivity index (χ3v) is 4.10. The third-order valence-electron chi connectivity index (χ3n) is 4.10. The van der Waals surface area contributed by atoms with Crippen LogP contribution < -0.4 is 0 Å². The van der Waals surface area contributed by atoms with Crippen LogP contribution in [0, 0.1) is 10.1 Å². The predicted molar refractivity (Wildman–Crippen MR) is 99.8 cm³/mol. The van der Waals surface area contributed by atoms with Crippen LogP contribution in [0.25, 0.3) is 22.5 Å². The number of nitro benzene ring substituents is 1. The fourth-order valence-electron chi connectivity index (χ4n) is 2.61. The SMILES string of the molecule is CC(OC(=O)c1ccc2nccnc2c1)c1nnc(-c2ccc([N+](=O)[O-])cc2)o1. The molecule has 0 fully saturated rings. The summed E-state index contributed by atoms with van der Waals surface area (Å²) in [6.07, 6.45) is 2.32. The number of esters is 1. The van der Waals surface area contributed by atoms with Crippen molar-refractivity contribution in [2.75, 3.05) is 0 Å². The molecule has 1 atom stereocenters. The molecule has 0 aliphatic rings. The fraction of sp³-hybridized carbons (Fsp3) is 0.105. The van der Waals surface area contributed by atoms with E-state index in [4.69, 9.17) is 9.15 Å². The number of hydrogen-bond donors (Lipinski definition) is 0. The molecule has 29 heavy (non-hydrogen) atoms. The highest BCUT2D eigenvalue weighted by Crippen LogP contribution is 2.25. The normalized spacial score (nSPS) is 11.9. The van der Waals surface area contributed by atoms with Crippen LogP contribution in [-0.4, -0.2) is 31.1 Å². The highest BCUT2D eigenvalue weighted by molar-refractivity contribution is 5.93. The van der Waals surface area contributed by atoms with Crippen molar-refractivity contribution in [3.05, 3.63) is 76.4 Å². The maximum Gasteiger partial charge on any atom is 0.338 e. The summed E-state index contributed by atoms with van der Waals surface area (Å²) in [4.78, 5) is 31.0. The minimum absolute atomic E-state index is 0.0455. The van der Waals surface area contributed by atoms with Crippen molar-refractivity contribution in [2.45, 2.75) is 13.0 Å². The van der Waals surface area contributed by atoms with Gasteiger partial charge in [-0.05, 0) is 37.3 Å². The Hall–Kier alpha value is -4.21. The van der Waals surface area contributed by atoms with E-state index in [0.717, 1.165) is 0 Å². The molecule has 0 bridgehead atoms. The van der Waals surface area contributed by atoms with Gasteiger partial charge in [0.2, 0.25) is 5.89 Å². The van der Waals surface area contributed by atoms with Crippen LogP contribution >= 0.6 is 0 Å². The van der Waals surface area contributed by atoms with Gasteiger partial charge in [-0.25, -0.2) is 4.79 Å². The summed E-state index contributed by atoms with van der Waals surface area (Å²) >= 11 is 0. The van der Waals surface area contributed by atoms with Gasteiger partial charge in [0.15, 0.2) is 6.10 Å². The lowest BCUT2D eigenvalue weighted by Gasteiger charge is -2.09. The number of nitro groups is 1. The molecule has 0 saturated heterocycles. The van der Waals surface area contributed by atoms with Gasteiger partial charge in [-0.3, -0.25) is 20.1 Å². The summed E-state index contributed by atoms with van der Waals surface area (Å²) in [5.41, 5.74) is 2.03. The van der Waals surface area contributed by atoms with E-state index in [1.165, 1.54) is 30.5 Å². The van der Waals surface area contributed by atoms with E-state index in [0.29, 0.717) is 22.2 Å². The summed E-state index contributed by atoms with van der Waals surface area (Å²) < 4.78 is 10.9. The van der Waals surface area contributed by atoms with Crippen LogP contribution in [0.5, 0.6) is 0 Å².